The number of hydrogen-bond acceptors (Lipinski definition) is 4. The number of carbonyl (C=O) groups excluding carboxylic acids is 1. The zero-order valence-electron chi connectivity index (χ0n) is 17.6. The summed E-state index contributed by atoms with van der Waals surface area (Å²) in [6, 6.07) is 16.7. The van der Waals surface area contributed by atoms with Gasteiger partial charge in [-0.1, -0.05) is 29.8 Å². The van der Waals surface area contributed by atoms with Crippen LogP contribution in [-0.4, -0.2) is 40.0 Å². The molecule has 1 amide bonds. The summed E-state index contributed by atoms with van der Waals surface area (Å²) in [7, 11) is 0. The van der Waals surface area contributed by atoms with Gasteiger partial charge in [0.05, 0.1) is 5.69 Å². The highest BCUT2D eigenvalue weighted by Gasteiger charge is 2.25. The molecule has 0 radical (unpaired) electrons. The van der Waals surface area contributed by atoms with Gasteiger partial charge in [0.15, 0.2) is 0 Å². The Bertz CT molecular complexity index is 1180. The molecule has 1 aromatic carbocycles. The Balaban J connectivity index is 1.25. The van der Waals surface area contributed by atoms with Gasteiger partial charge in [0, 0.05) is 43.6 Å². The molecule has 1 aliphatic heterocycles. The van der Waals surface area contributed by atoms with Crippen LogP contribution in [0.25, 0.3) is 15.9 Å². The molecule has 5 nitrogen and oxygen atoms in total. The van der Waals surface area contributed by atoms with Crippen molar-refractivity contribution in [1.29, 1.82) is 0 Å². The lowest BCUT2D eigenvalue weighted by Gasteiger charge is -2.16. The molecule has 6 heteroatoms. The van der Waals surface area contributed by atoms with Crippen LogP contribution in [0.4, 0.5) is 0 Å². The Morgan fingerprint density at radius 1 is 1.16 bits per heavy atom. The van der Waals surface area contributed by atoms with E-state index in [1.165, 1.54) is 22.5 Å². The lowest BCUT2D eigenvalue weighted by atomic mass is 10.1. The van der Waals surface area contributed by atoms with Gasteiger partial charge in [-0.15, -0.1) is 11.3 Å². The number of likely N-dealkylation sites (tertiary alicyclic amines) is 1. The molecule has 1 unspecified atom stereocenters. The predicted molar refractivity (Wildman–Crippen MR) is 126 cm³/mol. The van der Waals surface area contributed by atoms with E-state index in [4.69, 9.17) is 0 Å². The van der Waals surface area contributed by atoms with E-state index in [1.807, 2.05) is 41.2 Å². The third-order valence-electron chi connectivity index (χ3n) is 5.96. The SMILES string of the molecule is Cc1ccc(CN2CCC(CNC(=O)c3sc4ncccc4c3-n3cccc3)C2)cc1. The highest BCUT2D eigenvalue weighted by Crippen LogP contribution is 2.33. The van der Waals surface area contributed by atoms with Crippen molar-refractivity contribution < 1.29 is 4.79 Å². The van der Waals surface area contributed by atoms with Crippen molar-refractivity contribution >= 4 is 27.5 Å². The maximum Gasteiger partial charge on any atom is 0.263 e. The summed E-state index contributed by atoms with van der Waals surface area (Å²) in [6.07, 6.45) is 6.85. The average Bonchev–Trinajstić information content (AvgIpc) is 3.53. The van der Waals surface area contributed by atoms with E-state index in [-0.39, 0.29) is 5.91 Å². The molecular formula is C25H26N4OS. The van der Waals surface area contributed by atoms with Crippen LogP contribution < -0.4 is 5.32 Å². The Hall–Kier alpha value is -2.96. The minimum absolute atomic E-state index is 0.0105. The van der Waals surface area contributed by atoms with Gasteiger partial charge >= 0.3 is 0 Å². The van der Waals surface area contributed by atoms with Crippen LogP contribution >= 0.6 is 11.3 Å². The van der Waals surface area contributed by atoms with Crippen molar-refractivity contribution in [2.24, 2.45) is 5.92 Å². The highest BCUT2D eigenvalue weighted by molar-refractivity contribution is 7.21. The first-order chi connectivity index (χ1) is 15.2. The number of fused-ring (bicyclic) bond motifs is 1. The molecule has 5 rings (SSSR count). The molecular weight excluding hydrogens is 404 g/mol. The molecule has 3 aromatic heterocycles. The summed E-state index contributed by atoms with van der Waals surface area (Å²) < 4.78 is 2.01. The van der Waals surface area contributed by atoms with Crippen molar-refractivity contribution in [3.05, 3.63) is 83.1 Å². The zero-order chi connectivity index (χ0) is 21.2. The van der Waals surface area contributed by atoms with Crippen molar-refractivity contribution in [1.82, 2.24) is 19.8 Å². The number of thiophene rings is 1. The number of aromatic nitrogens is 2. The molecule has 1 saturated heterocycles. The van der Waals surface area contributed by atoms with E-state index in [2.05, 4.69) is 46.4 Å². The highest BCUT2D eigenvalue weighted by atomic mass is 32.1. The first-order valence-corrected chi connectivity index (χ1v) is 11.6. The summed E-state index contributed by atoms with van der Waals surface area (Å²) in [5, 5.41) is 4.21. The monoisotopic (exact) mass is 430 g/mol. The number of aryl methyl sites for hydroxylation is 1. The maximum absolute atomic E-state index is 13.1. The Labute approximate surface area is 186 Å². The van der Waals surface area contributed by atoms with E-state index >= 15 is 0 Å². The van der Waals surface area contributed by atoms with Gasteiger partial charge < -0.3 is 9.88 Å². The third kappa shape index (κ3) is 4.27. The largest absolute Gasteiger partial charge is 0.351 e. The van der Waals surface area contributed by atoms with Gasteiger partial charge in [-0.2, -0.15) is 0 Å². The fraction of sp³-hybridized carbons (Fsp3) is 0.280. The molecule has 158 valence electrons. The number of amides is 1. The van der Waals surface area contributed by atoms with Crippen LogP contribution in [-0.2, 0) is 6.54 Å². The third-order valence-corrected chi connectivity index (χ3v) is 7.06. The predicted octanol–water partition coefficient (Wildman–Crippen LogP) is 4.65. The number of carbonyl (C=O) groups is 1. The summed E-state index contributed by atoms with van der Waals surface area (Å²) >= 11 is 1.46. The quantitative estimate of drug-likeness (QED) is 0.485. The van der Waals surface area contributed by atoms with Crippen LogP contribution in [0.5, 0.6) is 0 Å². The number of nitrogens with zero attached hydrogens (tertiary/aromatic N) is 3. The standard InChI is InChI=1S/C25H26N4OS/c1-18-6-8-19(9-7-18)16-28-14-10-20(17-28)15-27-24(30)23-22(29-12-2-3-13-29)21-5-4-11-26-25(21)31-23/h2-9,11-13,20H,10,14-17H2,1H3,(H,27,30). The second-order valence-corrected chi connectivity index (χ2v) is 9.31. The molecule has 1 aliphatic rings. The maximum atomic E-state index is 13.1. The van der Waals surface area contributed by atoms with Crippen LogP contribution in [0, 0.1) is 12.8 Å². The molecule has 1 N–H and O–H groups in total. The summed E-state index contributed by atoms with van der Waals surface area (Å²) in [4.78, 5) is 21.7. The summed E-state index contributed by atoms with van der Waals surface area (Å²) in [5.74, 6) is 0.473. The van der Waals surface area contributed by atoms with E-state index in [0.29, 0.717) is 12.5 Å². The molecule has 1 fully saturated rings. The van der Waals surface area contributed by atoms with Gasteiger partial charge in [-0.3, -0.25) is 9.69 Å². The molecule has 4 aromatic rings. The second-order valence-electron chi connectivity index (χ2n) is 8.31. The van der Waals surface area contributed by atoms with Gasteiger partial charge in [0.2, 0.25) is 0 Å². The van der Waals surface area contributed by atoms with Crippen LogP contribution in [0.2, 0.25) is 0 Å². The first kappa shape index (κ1) is 20.0. The minimum Gasteiger partial charge on any atom is -0.351 e. The molecule has 0 saturated carbocycles. The lowest BCUT2D eigenvalue weighted by molar-refractivity contribution is 0.0951. The van der Waals surface area contributed by atoms with Crippen molar-refractivity contribution in [2.75, 3.05) is 19.6 Å². The number of nitrogens with one attached hydrogen (secondary N) is 1. The van der Waals surface area contributed by atoms with E-state index in [0.717, 1.165) is 46.8 Å². The van der Waals surface area contributed by atoms with Gasteiger partial charge in [0.25, 0.3) is 5.91 Å². The molecule has 0 bridgehead atoms. The number of pyridine rings is 1. The Kier molecular flexibility index (Phi) is 5.57. The van der Waals surface area contributed by atoms with E-state index in [9.17, 15) is 4.79 Å². The summed E-state index contributed by atoms with van der Waals surface area (Å²) in [6.45, 7) is 5.90. The zero-order valence-corrected chi connectivity index (χ0v) is 18.4. The first-order valence-electron chi connectivity index (χ1n) is 10.7. The number of benzene rings is 1. The molecule has 1 atom stereocenters. The van der Waals surface area contributed by atoms with E-state index in [1.54, 1.807) is 6.20 Å². The fourth-order valence-corrected chi connectivity index (χ4v) is 5.36. The van der Waals surface area contributed by atoms with Gasteiger partial charge in [-0.25, -0.2) is 4.98 Å². The minimum atomic E-state index is -0.0105. The van der Waals surface area contributed by atoms with Crippen LogP contribution in [0.1, 0.15) is 27.2 Å². The van der Waals surface area contributed by atoms with Crippen molar-refractivity contribution in [3.8, 4) is 5.69 Å². The number of rotatable bonds is 6. The van der Waals surface area contributed by atoms with Crippen LogP contribution in [0.3, 0.4) is 0 Å². The fourth-order valence-electron chi connectivity index (χ4n) is 4.31. The van der Waals surface area contributed by atoms with Crippen LogP contribution in [0.15, 0.2) is 67.1 Å². The number of hydrogen-bond donors (Lipinski definition) is 1. The average molecular weight is 431 g/mol. The normalized spacial score (nSPS) is 16.7. The lowest BCUT2D eigenvalue weighted by Crippen LogP contribution is -2.31. The van der Waals surface area contributed by atoms with Crippen molar-refractivity contribution in [3.63, 3.8) is 0 Å². The van der Waals surface area contributed by atoms with E-state index < -0.39 is 0 Å². The topological polar surface area (TPSA) is 50.2 Å². The molecule has 0 aliphatic carbocycles. The van der Waals surface area contributed by atoms with Gasteiger partial charge in [0.1, 0.15) is 9.71 Å². The molecule has 31 heavy (non-hydrogen) atoms. The molecule has 4 heterocycles. The summed E-state index contributed by atoms with van der Waals surface area (Å²) in [5.41, 5.74) is 3.56. The second kappa shape index (κ2) is 8.65. The van der Waals surface area contributed by atoms with Crippen molar-refractivity contribution in [2.45, 2.75) is 19.9 Å². The Morgan fingerprint density at radius 2 is 1.97 bits per heavy atom. The molecule has 0 spiro atoms. The Morgan fingerprint density at radius 3 is 2.77 bits per heavy atom. The smallest absolute Gasteiger partial charge is 0.263 e. The van der Waals surface area contributed by atoms with Gasteiger partial charge in [-0.05, 0) is 55.6 Å².